The number of carboxylic acid groups (broad SMARTS) is 1. The average molecular weight is 458 g/mol. The number of carbonyl (C=O) groups is 1. The number of benzene rings is 3. The first-order valence-corrected chi connectivity index (χ1v) is 11.5. The Balaban J connectivity index is 2.02. The molecular weight excluding hydrogens is 429 g/mol. The Morgan fingerprint density at radius 1 is 1.06 bits per heavy atom. The first-order valence-electron chi connectivity index (χ1n) is 11.5. The normalized spacial score (nSPS) is 11.1. The Bertz CT molecular complexity index is 1340. The molecule has 0 bridgehead atoms. The molecule has 0 saturated carbocycles. The van der Waals surface area contributed by atoms with Gasteiger partial charge in [-0.15, -0.1) is 0 Å². The maximum atomic E-state index is 13.7. The van der Waals surface area contributed by atoms with E-state index in [0.717, 1.165) is 65.5 Å². The van der Waals surface area contributed by atoms with Crippen LogP contribution in [0.4, 0.5) is 10.1 Å². The first kappa shape index (κ1) is 23.2. The van der Waals surface area contributed by atoms with Crippen LogP contribution >= 0.6 is 0 Å². The number of aromatic nitrogens is 1. The van der Waals surface area contributed by atoms with Gasteiger partial charge in [0.15, 0.2) is 0 Å². The number of hydrogen-bond acceptors (Lipinski definition) is 3. The molecule has 0 aliphatic carbocycles. The number of nitrogen functional groups attached to an aromatic ring is 1. The molecular formula is C28H28FN3O2. The van der Waals surface area contributed by atoms with Crippen LogP contribution in [-0.2, 0) is 6.42 Å². The molecule has 5 nitrogen and oxygen atoms in total. The van der Waals surface area contributed by atoms with Crippen LogP contribution in [0.5, 0.6) is 0 Å². The SMILES string of the molecule is CCCCCCc1c(-c2ccc(C(=O)O)cc2)c2cc(N)c(C=N)cc2n1-c1ccc(F)cc1. The summed E-state index contributed by atoms with van der Waals surface area (Å²) in [5.41, 5.74) is 12.2. The zero-order chi connectivity index (χ0) is 24.2. The van der Waals surface area contributed by atoms with Crippen molar-refractivity contribution in [2.45, 2.75) is 39.0 Å². The number of nitrogens with one attached hydrogen (secondary N) is 1. The van der Waals surface area contributed by atoms with Crippen LogP contribution in [0.1, 0.15) is 54.2 Å². The molecule has 0 amide bonds. The minimum Gasteiger partial charge on any atom is -0.478 e. The Morgan fingerprint density at radius 2 is 1.76 bits per heavy atom. The number of halogens is 1. The monoisotopic (exact) mass is 457 g/mol. The maximum absolute atomic E-state index is 13.7. The van der Waals surface area contributed by atoms with Crippen LogP contribution in [0.25, 0.3) is 27.7 Å². The predicted molar refractivity (Wildman–Crippen MR) is 136 cm³/mol. The van der Waals surface area contributed by atoms with Crippen molar-refractivity contribution in [3.8, 4) is 16.8 Å². The lowest BCUT2D eigenvalue weighted by molar-refractivity contribution is 0.0697. The highest BCUT2D eigenvalue weighted by atomic mass is 19.1. The molecule has 6 heteroatoms. The van der Waals surface area contributed by atoms with Gasteiger partial charge in [0.2, 0.25) is 0 Å². The van der Waals surface area contributed by atoms with E-state index >= 15 is 0 Å². The second kappa shape index (κ2) is 9.91. The number of fused-ring (bicyclic) bond motifs is 1. The van der Waals surface area contributed by atoms with Gasteiger partial charge in [0.25, 0.3) is 0 Å². The molecule has 0 spiro atoms. The fourth-order valence-corrected chi connectivity index (χ4v) is 4.49. The molecule has 174 valence electrons. The molecule has 34 heavy (non-hydrogen) atoms. The van der Waals surface area contributed by atoms with E-state index in [1.165, 1.54) is 18.3 Å². The number of rotatable bonds is 9. The highest BCUT2D eigenvalue weighted by molar-refractivity contribution is 6.04. The van der Waals surface area contributed by atoms with Crippen molar-refractivity contribution in [2.75, 3.05) is 5.73 Å². The third-order valence-electron chi connectivity index (χ3n) is 6.20. The standard InChI is InChI=1S/C28H28FN3O2/c1-2-3-4-5-6-25-27(18-7-9-19(10-8-18)28(33)34)23-16-24(31)20(17-30)15-26(23)32(25)22-13-11-21(29)12-14-22/h7-17,30H,2-6,31H2,1H3,(H,33,34). The summed E-state index contributed by atoms with van der Waals surface area (Å²) in [5.74, 6) is -1.28. The fraction of sp³-hybridized carbons (Fsp3) is 0.214. The maximum Gasteiger partial charge on any atom is 0.335 e. The van der Waals surface area contributed by atoms with E-state index in [9.17, 15) is 14.3 Å². The van der Waals surface area contributed by atoms with Gasteiger partial charge in [-0.05, 0) is 66.9 Å². The Kier molecular flexibility index (Phi) is 6.77. The molecule has 1 heterocycles. The van der Waals surface area contributed by atoms with E-state index in [-0.39, 0.29) is 11.4 Å². The Hall–Kier alpha value is -3.93. The molecule has 0 aliphatic rings. The topological polar surface area (TPSA) is 92.1 Å². The van der Waals surface area contributed by atoms with Crippen LogP contribution in [0.15, 0.2) is 60.7 Å². The summed E-state index contributed by atoms with van der Waals surface area (Å²) in [6.45, 7) is 2.17. The number of anilines is 1. The molecule has 4 rings (SSSR count). The third-order valence-corrected chi connectivity index (χ3v) is 6.20. The number of aromatic carboxylic acids is 1. The summed E-state index contributed by atoms with van der Waals surface area (Å²) in [4.78, 5) is 11.4. The van der Waals surface area contributed by atoms with Crippen molar-refractivity contribution >= 4 is 28.8 Å². The number of nitrogens with two attached hydrogens (primary N) is 1. The van der Waals surface area contributed by atoms with E-state index < -0.39 is 5.97 Å². The van der Waals surface area contributed by atoms with Gasteiger partial charge in [-0.3, -0.25) is 0 Å². The minimum atomic E-state index is -0.972. The van der Waals surface area contributed by atoms with Gasteiger partial charge in [-0.2, -0.15) is 0 Å². The quantitative estimate of drug-likeness (QED) is 0.146. The lowest BCUT2D eigenvalue weighted by Gasteiger charge is -2.13. The van der Waals surface area contributed by atoms with Gasteiger partial charge in [-0.1, -0.05) is 38.3 Å². The van der Waals surface area contributed by atoms with E-state index in [2.05, 4.69) is 11.5 Å². The molecule has 1 aromatic heterocycles. The highest BCUT2D eigenvalue weighted by Gasteiger charge is 2.21. The number of unbranched alkanes of at least 4 members (excludes halogenated alkanes) is 3. The van der Waals surface area contributed by atoms with Crippen molar-refractivity contribution in [1.29, 1.82) is 5.41 Å². The lowest BCUT2D eigenvalue weighted by atomic mass is 9.97. The van der Waals surface area contributed by atoms with Crippen molar-refractivity contribution < 1.29 is 14.3 Å². The Labute approximate surface area is 198 Å². The number of hydrogen-bond donors (Lipinski definition) is 3. The van der Waals surface area contributed by atoms with Gasteiger partial charge >= 0.3 is 5.97 Å². The summed E-state index contributed by atoms with van der Waals surface area (Å²) in [6.07, 6.45) is 6.38. The second-order valence-corrected chi connectivity index (χ2v) is 8.47. The summed E-state index contributed by atoms with van der Waals surface area (Å²) < 4.78 is 15.9. The largest absolute Gasteiger partial charge is 0.478 e. The van der Waals surface area contributed by atoms with Gasteiger partial charge < -0.3 is 20.8 Å². The molecule has 0 saturated heterocycles. The summed E-state index contributed by atoms with van der Waals surface area (Å²) in [7, 11) is 0. The third kappa shape index (κ3) is 4.44. The van der Waals surface area contributed by atoms with Crippen molar-refractivity contribution in [1.82, 2.24) is 4.57 Å². The molecule has 0 atom stereocenters. The van der Waals surface area contributed by atoms with Crippen LogP contribution in [0.3, 0.4) is 0 Å². The Morgan fingerprint density at radius 3 is 2.38 bits per heavy atom. The molecule has 0 radical (unpaired) electrons. The summed E-state index contributed by atoms with van der Waals surface area (Å²) >= 11 is 0. The van der Waals surface area contributed by atoms with E-state index in [0.29, 0.717) is 11.3 Å². The number of nitrogens with zero attached hydrogens (tertiary/aromatic N) is 1. The zero-order valence-electron chi connectivity index (χ0n) is 19.1. The van der Waals surface area contributed by atoms with Crippen LogP contribution in [0, 0.1) is 11.2 Å². The zero-order valence-corrected chi connectivity index (χ0v) is 19.1. The molecule has 3 aromatic carbocycles. The van der Waals surface area contributed by atoms with Gasteiger partial charge in [0, 0.05) is 39.8 Å². The van der Waals surface area contributed by atoms with E-state index in [4.69, 9.17) is 11.1 Å². The molecule has 0 unspecified atom stereocenters. The number of carboxylic acids is 1. The van der Waals surface area contributed by atoms with Crippen molar-refractivity contribution in [2.24, 2.45) is 0 Å². The molecule has 0 fully saturated rings. The van der Waals surface area contributed by atoms with Gasteiger partial charge in [0.1, 0.15) is 5.82 Å². The molecule has 0 aliphatic heterocycles. The van der Waals surface area contributed by atoms with Crippen molar-refractivity contribution in [3.63, 3.8) is 0 Å². The summed E-state index contributed by atoms with van der Waals surface area (Å²) in [6, 6.07) is 17.0. The minimum absolute atomic E-state index is 0.223. The first-order chi connectivity index (χ1) is 16.4. The fourth-order valence-electron chi connectivity index (χ4n) is 4.49. The molecule has 4 N–H and O–H groups in total. The van der Waals surface area contributed by atoms with E-state index in [1.54, 1.807) is 24.3 Å². The predicted octanol–water partition coefficient (Wildman–Crippen LogP) is 6.84. The average Bonchev–Trinajstić information content (AvgIpc) is 3.14. The van der Waals surface area contributed by atoms with Gasteiger partial charge in [0.05, 0.1) is 11.1 Å². The summed E-state index contributed by atoms with van der Waals surface area (Å²) in [5, 5.41) is 18.0. The van der Waals surface area contributed by atoms with Crippen LogP contribution < -0.4 is 5.73 Å². The van der Waals surface area contributed by atoms with Gasteiger partial charge in [-0.25, -0.2) is 9.18 Å². The highest BCUT2D eigenvalue weighted by Crippen LogP contribution is 2.40. The van der Waals surface area contributed by atoms with Crippen LogP contribution in [-0.4, -0.2) is 21.9 Å². The second-order valence-electron chi connectivity index (χ2n) is 8.47. The van der Waals surface area contributed by atoms with E-state index in [1.807, 2.05) is 24.3 Å². The van der Waals surface area contributed by atoms with Crippen LogP contribution in [0.2, 0.25) is 0 Å². The molecule has 4 aromatic rings. The lowest BCUT2D eigenvalue weighted by Crippen LogP contribution is -2.02. The van der Waals surface area contributed by atoms with Crippen molar-refractivity contribution in [3.05, 3.63) is 83.3 Å². The smallest absolute Gasteiger partial charge is 0.335 e.